The van der Waals surface area contributed by atoms with Crippen molar-refractivity contribution in [3.8, 4) is 11.1 Å². The molecule has 0 amide bonds. The van der Waals surface area contributed by atoms with Gasteiger partial charge in [-0.25, -0.2) is 21.9 Å². The molecule has 3 fully saturated rings. The van der Waals surface area contributed by atoms with E-state index in [-0.39, 0.29) is 22.9 Å². The van der Waals surface area contributed by atoms with Crippen molar-refractivity contribution in [2.24, 2.45) is 5.41 Å². The van der Waals surface area contributed by atoms with E-state index in [4.69, 9.17) is 4.74 Å². The van der Waals surface area contributed by atoms with Crippen LogP contribution < -0.4 is 4.72 Å². The van der Waals surface area contributed by atoms with Crippen LogP contribution in [0.25, 0.3) is 11.1 Å². The highest BCUT2D eigenvalue weighted by atomic mass is 32.2. The molecule has 0 aromatic heterocycles. The van der Waals surface area contributed by atoms with Crippen molar-refractivity contribution in [3.05, 3.63) is 59.9 Å². The van der Waals surface area contributed by atoms with Crippen molar-refractivity contribution in [3.63, 3.8) is 0 Å². The Morgan fingerprint density at radius 2 is 1.85 bits per heavy atom. The lowest BCUT2D eigenvalue weighted by atomic mass is 9.91. The molecular weight excluding hydrogens is 446 g/mol. The number of nitrogens with zero attached hydrogens (tertiary/aromatic N) is 1. The molecule has 178 valence electrons. The molecule has 2 heterocycles. The molecule has 5 rings (SSSR count). The summed E-state index contributed by atoms with van der Waals surface area (Å²) in [6.07, 6.45) is 3.03. The fourth-order valence-electron chi connectivity index (χ4n) is 5.53. The van der Waals surface area contributed by atoms with Crippen molar-refractivity contribution < 1.29 is 21.9 Å². The Labute approximate surface area is 194 Å². The van der Waals surface area contributed by atoms with E-state index in [0.717, 1.165) is 24.8 Å². The number of likely N-dealkylation sites (tertiary alicyclic amines) is 1. The van der Waals surface area contributed by atoms with E-state index in [1.807, 2.05) is 36.4 Å². The third kappa shape index (κ3) is 4.46. The summed E-state index contributed by atoms with van der Waals surface area (Å²) < 4.78 is 61.8. The first kappa shape index (κ1) is 22.9. The number of hydrogen-bond acceptors (Lipinski definition) is 4. The maximum absolute atomic E-state index is 15.7. The highest BCUT2D eigenvalue weighted by molar-refractivity contribution is 7.89. The molecule has 2 saturated heterocycles. The van der Waals surface area contributed by atoms with Gasteiger partial charge in [0.2, 0.25) is 16.0 Å². The molecule has 1 unspecified atom stereocenters. The average molecular weight is 477 g/mol. The average Bonchev–Trinajstić information content (AvgIpc) is 3.51. The number of alkyl halides is 1. The molecule has 33 heavy (non-hydrogen) atoms. The van der Waals surface area contributed by atoms with Crippen LogP contribution >= 0.6 is 0 Å². The summed E-state index contributed by atoms with van der Waals surface area (Å²) in [5.74, 6) is -0.293. The Balaban J connectivity index is 1.48. The van der Waals surface area contributed by atoms with Gasteiger partial charge in [0.1, 0.15) is 5.82 Å². The molecule has 0 radical (unpaired) electrons. The standard InChI is InChI=1S/C25H30F2N2O3S/c1-24(12-13-32-24)15-29-16-25(10-11-25)23(28-33(30,31)17-26)21(29)14-19-8-5-9-20(22(19)27)18-6-3-2-4-7-18/h2-9,21,23,28H,10-17H2,1H3/t21-,23+,24?/m0/s1. The summed E-state index contributed by atoms with van der Waals surface area (Å²) in [5.41, 5.74) is 1.35. The van der Waals surface area contributed by atoms with Gasteiger partial charge in [-0.1, -0.05) is 48.5 Å². The zero-order chi connectivity index (χ0) is 23.3. The molecule has 0 bridgehead atoms. The lowest BCUT2D eigenvalue weighted by molar-refractivity contribution is -0.148. The minimum atomic E-state index is -4.05. The number of rotatable bonds is 8. The van der Waals surface area contributed by atoms with Crippen molar-refractivity contribution >= 4 is 10.0 Å². The number of nitrogens with one attached hydrogen (secondary N) is 1. The molecule has 1 N–H and O–H groups in total. The summed E-state index contributed by atoms with van der Waals surface area (Å²) in [6.45, 7) is 4.12. The van der Waals surface area contributed by atoms with Gasteiger partial charge in [-0.2, -0.15) is 0 Å². The number of hydrogen-bond donors (Lipinski definition) is 1. The fraction of sp³-hybridized carbons (Fsp3) is 0.520. The predicted molar refractivity (Wildman–Crippen MR) is 123 cm³/mol. The smallest absolute Gasteiger partial charge is 0.241 e. The van der Waals surface area contributed by atoms with E-state index < -0.39 is 22.1 Å². The first-order valence-electron chi connectivity index (χ1n) is 11.5. The zero-order valence-corrected chi connectivity index (χ0v) is 19.6. The highest BCUT2D eigenvalue weighted by Gasteiger charge is 2.61. The lowest BCUT2D eigenvalue weighted by Crippen LogP contribution is -2.54. The molecular formula is C25H30F2N2O3S. The van der Waals surface area contributed by atoms with Crippen molar-refractivity contribution in [1.29, 1.82) is 0 Å². The molecule has 3 atom stereocenters. The van der Waals surface area contributed by atoms with Crippen LogP contribution in [-0.2, 0) is 21.2 Å². The normalized spacial score (nSPS) is 28.7. The van der Waals surface area contributed by atoms with Crippen molar-refractivity contribution in [2.75, 3.05) is 25.7 Å². The number of halogens is 2. The van der Waals surface area contributed by atoms with Crippen LogP contribution in [0.3, 0.4) is 0 Å². The molecule has 2 aromatic carbocycles. The third-order valence-electron chi connectivity index (χ3n) is 7.59. The Kier molecular flexibility index (Phi) is 5.84. The van der Waals surface area contributed by atoms with Gasteiger partial charge >= 0.3 is 0 Å². The quantitative estimate of drug-likeness (QED) is 0.628. The van der Waals surface area contributed by atoms with E-state index in [1.54, 1.807) is 12.1 Å². The zero-order valence-electron chi connectivity index (χ0n) is 18.8. The molecule has 1 saturated carbocycles. The fourth-order valence-corrected chi connectivity index (χ4v) is 6.38. The topological polar surface area (TPSA) is 58.6 Å². The van der Waals surface area contributed by atoms with E-state index >= 15 is 4.39 Å². The van der Waals surface area contributed by atoms with Crippen LogP contribution in [0.1, 0.15) is 31.7 Å². The highest BCUT2D eigenvalue weighted by Crippen LogP contribution is 2.56. The van der Waals surface area contributed by atoms with Crippen LogP contribution in [0.5, 0.6) is 0 Å². The molecule has 5 nitrogen and oxygen atoms in total. The predicted octanol–water partition coefficient (Wildman–Crippen LogP) is 3.89. The Morgan fingerprint density at radius 1 is 1.12 bits per heavy atom. The maximum atomic E-state index is 15.7. The summed E-state index contributed by atoms with van der Waals surface area (Å²) in [6, 6.07) is 12.5. The van der Waals surface area contributed by atoms with Gasteiger partial charge in [0.05, 0.1) is 12.2 Å². The van der Waals surface area contributed by atoms with Crippen molar-refractivity contribution in [1.82, 2.24) is 9.62 Å². The summed E-state index contributed by atoms with van der Waals surface area (Å²) in [4.78, 5) is 2.24. The maximum Gasteiger partial charge on any atom is 0.241 e. The van der Waals surface area contributed by atoms with Gasteiger partial charge in [-0.05, 0) is 37.3 Å². The van der Waals surface area contributed by atoms with Gasteiger partial charge in [0, 0.05) is 42.6 Å². The molecule has 1 aliphatic carbocycles. The first-order chi connectivity index (χ1) is 15.7. The molecule has 3 aliphatic rings. The Hall–Kier alpha value is -1.87. The second kappa shape index (κ2) is 8.41. The number of benzene rings is 2. The molecule has 2 aromatic rings. The Bertz CT molecular complexity index is 1120. The van der Waals surface area contributed by atoms with Crippen LogP contribution in [-0.4, -0.2) is 56.7 Å². The van der Waals surface area contributed by atoms with E-state index in [0.29, 0.717) is 37.2 Å². The summed E-state index contributed by atoms with van der Waals surface area (Å²) >= 11 is 0. The van der Waals surface area contributed by atoms with Gasteiger partial charge in [-0.3, -0.25) is 4.90 Å². The minimum absolute atomic E-state index is 0.222. The summed E-state index contributed by atoms with van der Waals surface area (Å²) in [7, 11) is -4.05. The van der Waals surface area contributed by atoms with Gasteiger partial charge < -0.3 is 4.74 Å². The van der Waals surface area contributed by atoms with Crippen LogP contribution in [0.4, 0.5) is 8.78 Å². The molecule has 1 spiro atoms. The second-order valence-corrected chi connectivity index (χ2v) is 11.7. The van der Waals surface area contributed by atoms with Crippen LogP contribution in [0, 0.1) is 11.2 Å². The van der Waals surface area contributed by atoms with Crippen LogP contribution in [0.2, 0.25) is 0 Å². The number of sulfonamides is 1. The Morgan fingerprint density at radius 3 is 2.45 bits per heavy atom. The molecule has 2 aliphatic heterocycles. The van der Waals surface area contributed by atoms with E-state index in [9.17, 15) is 12.8 Å². The van der Waals surface area contributed by atoms with Crippen molar-refractivity contribution in [2.45, 2.75) is 50.3 Å². The van der Waals surface area contributed by atoms with E-state index in [1.165, 1.54) is 0 Å². The van der Waals surface area contributed by atoms with Gasteiger partial charge in [0.25, 0.3) is 0 Å². The largest absolute Gasteiger partial charge is 0.374 e. The van der Waals surface area contributed by atoms with Gasteiger partial charge in [-0.15, -0.1) is 0 Å². The third-order valence-corrected chi connectivity index (χ3v) is 8.49. The van der Waals surface area contributed by atoms with Crippen LogP contribution in [0.15, 0.2) is 48.5 Å². The minimum Gasteiger partial charge on any atom is -0.374 e. The number of ether oxygens (including phenoxy) is 1. The monoisotopic (exact) mass is 476 g/mol. The first-order valence-corrected chi connectivity index (χ1v) is 13.2. The summed E-state index contributed by atoms with van der Waals surface area (Å²) in [5, 5.41) is 0. The van der Waals surface area contributed by atoms with E-state index in [2.05, 4.69) is 16.5 Å². The molecule has 8 heteroatoms. The SMILES string of the molecule is CC1(CN2CC3(CC3)[C@H](NS(=O)(=O)CF)[C@@H]2Cc2cccc(-c3ccccc3)c2F)CCO1. The lowest BCUT2D eigenvalue weighted by Gasteiger charge is -2.43. The second-order valence-electron chi connectivity index (χ2n) is 10.1. The van der Waals surface area contributed by atoms with Gasteiger partial charge in [0.15, 0.2) is 0 Å².